The Balaban J connectivity index is 2.20. The number of carbonyl (C=O) groups excluding carboxylic acids is 1. The van der Waals surface area contributed by atoms with Gasteiger partial charge >= 0.3 is 0 Å². The molecule has 21 heavy (non-hydrogen) atoms. The third-order valence-electron chi connectivity index (χ3n) is 2.61. The lowest BCUT2D eigenvalue weighted by Crippen LogP contribution is -2.16. The Morgan fingerprint density at radius 2 is 2.14 bits per heavy atom. The Morgan fingerprint density at radius 3 is 2.81 bits per heavy atom. The maximum Gasteiger partial charge on any atom is 0.260 e. The van der Waals surface area contributed by atoms with Crippen molar-refractivity contribution >= 4 is 45.1 Å². The number of rotatable bonds is 5. The van der Waals surface area contributed by atoms with Crippen LogP contribution in [0.1, 0.15) is 23.7 Å². The van der Waals surface area contributed by atoms with E-state index in [1.807, 2.05) is 6.92 Å². The number of carbonyl (C=O) groups is 1. The van der Waals surface area contributed by atoms with Crippen LogP contribution in [0.5, 0.6) is 0 Å². The van der Waals surface area contributed by atoms with E-state index in [-0.39, 0.29) is 5.91 Å². The molecule has 0 aliphatic carbocycles. The number of pyridine rings is 2. The number of hydrogen-bond donors (Lipinski definition) is 2. The van der Waals surface area contributed by atoms with Crippen LogP contribution in [-0.2, 0) is 0 Å². The smallest absolute Gasteiger partial charge is 0.260 e. The van der Waals surface area contributed by atoms with Crippen molar-refractivity contribution < 1.29 is 4.79 Å². The van der Waals surface area contributed by atoms with Crippen LogP contribution in [0.4, 0.5) is 11.6 Å². The molecular weight excluding hydrogens is 356 g/mol. The molecule has 2 heterocycles. The molecule has 1 amide bonds. The molecular formula is C14H14BrClN4O. The highest BCUT2D eigenvalue weighted by Gasteiger charge is 2.14. The molecule has 5 nitrogen and oxygen atoms in total. The second kappa shape index (κ2) is 7.38. The predicted octanol–water partition coefficient (Wildman–Crippen LogP) is 3.97. The van der Waals surface area contributed by atoms with Gasteiger partial charge in [-0.1, -0.05) is 18.5 Å². The zero-order valence-corrected chi connectivity index (χ0v) is 13.7. The predicted molar refractivity (Wildman–Crippen MR) is 87.9 cm³/mol. The molecule has 2 N–H and O–H groups in total. The summed E-state index contributed by atoms with van der Waals surface area (Å²) in [6.07, 6.45) is 4.07. The van der Waals surface area contributed by atoms with Gasteiger partial charge in [0.1, 0.15) is 11.6 Å². The Hall–Kier alpha value is -1.66. The molecule has 0 fully saturated rings. The molecule has 0 unspecified atom stereocenters. The van der Waals surface area contributed by atoms with Gasteiger partial charge in [-0.2, -0.15) is 0 Å². The first kappa shape index (κ1) is 15.7. The van der Waals surface area contributed by atoms with E-state index in [0.29, 0.717) is 22.2 Å². The second-order valence-corrected chi connectivity index (χ2v) is 5.64. The maximum atomic E-state index is 12.4. The van der Waals surface area contributed by atoms with Crippen molar-refractivity contribution in [3.05, 3.63) is 45.7 Å². The molecule has 2 rings (SSSR count). The van der Waals surface area contributed by atoms with Gasteiger partial charge < -0.3 is 10.6 Å². The molecule has 0 saturated carbocycles. The highest BCUT2D eigenvalue weighted by atomic mass is 79.9. The van der Waals surface area contributed by atoms with E-state index in [1.54, 1.807) is 24.4 Å². The minimum atomic E-state index is -0.280. The summed E-state index contributed by atoms with van der Waals surface area (Å²) in [5.41, 5.74) is 0.453. The van der Waals surface area contributed by atoms with E-state index >= 15 is 0 Å². The van der Waals surface area contributed by atoms with Crippen LogP contribution in [0.15, 0.2) is 35.1 Å². The highest BCUT2D eigenvalue weighted by Crippen LogP contribution is 2.19. The first-order valence-electron chi connectivity index (χ1n) is 6.42. The number of halogens is 2. The van der Waals surface area contributed by atoms with E-state index in [1.165, 1.54) is 6.20 Å². The van der Waals surface area contributed by atoms with Crippen molar-refractivity contribution in [3.8, 4) is 0 Å². The lowest BCUT2D eigenvalue weighted by molar-refractivity contribution is 0.102. The standard InChI is InChI=1S/C14H14BrClN4O/c1-2-5-17-13-11(6-9(15)7-19-13)14(21)20-12-4-3-10(16)8-18-12/h3-4,6-8H,2,5H2,1H3,(H,17,19)(H,18,20,21). The van der Waals surface area contributed by atoms with Crippen LogP contribution >= 0.6 is 27.5 Å². The van der Waals surface area contributed by atoms with Gasteiger partial charge in [-0.05, 0) is 40.5 Å². The minimum Gasteiger partial charge on any atom is -0.369 e. The summed E-state index contributed by atoms with van der Waals surface area (Å²) >= 11 is 9.09. The molecule has 2 aromatic heterocycles. The Bertz CT molecular complexity index is 633. The van der Waals surface area contributed by atoms with E-state index in [0.717, 1.165) is 17.4 Å². The van der Waals surface area contributed by atoms with Crippen molar-refractivity contribution in [2.24, 2.45) is 0 Å². The molecule has 0 radical (unpaired) electrons. The average molecular weight is 370 g/mol. The van der Waals surface area contributed by atoms with Gasteiger partial charge in [-0.3, -0.25) is 4.79 Å². The van der Waals surface area contributed by atoms with Crippen molar-refractivity contribution in [1.29, 1.82) is 0 Å². The van der Waals surface area contributed by atoms with Crippen molar-refractivity contribution in [2.45, 2.75) is 13.3 Å². The fraction of sp³-hybridized carbons (Fsp3) is 0.214. The summed E-state index contributed by atoms with van der Waals surface area (Å²) in [4.78, 5) is 20.6. The first-order valence-corrected chi connectivity index (χ1v) is 7.59. The van der Waals surface area contributed by atoms with Gasteiger partial charge in [0.15, 0.2) is 0 Å². The zero-order chi connectivity index (χ0) is 15.2. The number of aromatic nitrogens is 2. The Morgan fingerprint density at radius 1 is 1.33 bits per heavy atom. The summed E-state index contributed by atoms with van der Waals surface area (Å²) in [6, 6.07) is 5.03. The molecule has 110 valence electrons. The van der Waals surface area contributed by atoms with Crippen molar-refractivity contribution in [3.63, 3.8) is 0 Å². The van der Waals surface area contributed by atoms with Crippen LogP contribution in [0.3, 0.4) is 0 Å². The number of nitrogens with one attached hydrogen (secondary N) is 2. The molecule has 0 aliphatic heterocycles. The van der Waals surface area contributed by atoms with Crippen LogP contribution in [0.25, 0.3) is 0 Å². The third-order valence-corrected chi connectivity index (χ3v) is 3.27. The SMILES string of the molecule is CCCNc1ncc(Br)cc1C(=O)Nc1ccc(Cl)cn1. The number of hydrogen-bond acceptors (Lipinski definition) is 4. The molecule has 7 heteroatoms. The van der Waals surface area contributed by atoms with Gasteiger partial charge in [0, 0.05) is 23.4 Å². The van der Waals surface area contributed by atoms with E-state index in [4.69, 9.17) is 11.6 Å². The highest BCUT2D eigenvalue weighted by molar-refractivity contribution is 9.10. The number of amides is 1. The fourth-order valence-corrected chi connectivity index (χ4v) is 2.07. The Kier molecular flexibility index (Phi) is 5.52. The number of anilines is 2. The van der Waals surface area contributed by atoms with Crippen LogP contribution in [0.2, 0.25) is 5.02 Å². The topological polar surface area (TPSA) is 66.9 Å². The summed E-state index contributed by atoms with van der Waals surface area (Å²) in [7, 11) is 0. The van der Waals surface area contributed by atoms with Gasteiger partial charge in [-0.25, -0.2) is 9.97 Å². The van der Waals surface area contributed by atoms with Crippen molar-refractivity contribution in [1.82, 2.24) is 9.97 Å². The Labute approximate surface area is 136 Å². The largest absolute Gasteiger partial charge is 0.369 e. The van der Waals surface area contributed by atoms with Crippen LogP contribution in [0, 0.1) is 0 Å². The second-order valence-electron chi connectivity index (χ2n) is 4.29. The molecule has 2 aromatic rings. The van der Waals surface area contributed by atoms with Crippen LogP contribution < -0.4 is 10.6 Å². The van der Waals surface area contributed by atoms with E-state index in [9.17, 15) is 4.79 Å². The molecule has 0 saturated heterocycles. The molecule has 0 bridgehead atoms. The van der Waals surface area contributed by atoms with E-state index in [2.05, 4.69) is 36.5 Å². The van der Waals surface area contributed by atoms with Gasteiger partial charge in [0.25, 0.3) is 5.91 Å². The maximum absolute atomic E-state index is 12.4. The molecule has 0 aliphatic rings. The summed E-state index contributed by atoms with van der Waals surface area (Å²) in [5, 5.41) is 6.37. The molecule has 0 aromatic carbocycles. The normalized spacial score (nSPS) is 10.2. The average Bonchev–Trinajstić information content (AvgIpc) is 2.48. The van der Waals surface area contributed by atoms with Crippen molar-refractivity contribution in [2.75, 3.05) is 17.2 Å². The van der Waals surface area contributed by atoms with Gasteiger partial charge in [0.05, 0.1) is 10.6 Å². The monoisotopic (exact) mass is 368 g/mol. The summed E-state index contributed by atoms with van der Waals surface area (Å²) < 4.78 is 0.735. The lowest BCUT2D eigenvalue weighted by Gasteiger charge is -2.11. The van der Waals surface area contributed by atoms with Gasteiger partial charge in [0.2, 0.25) is 0 Å². The molecule has 0 atom stereocenters. The van der Waals surface area contributed by atoms with Crippen LogP contribution in [-0.4, -0.2) is 22.4 Å². The first-order chi connectivity index (χ1) is 10.1. The van der Waals surface area contributed by atoms with E-state index < -0.39 is 0 Å². The zero-order valence-electron chi connectivity index (χ0n) is 11.4. The third kappa shape index (κ3) is 4.41. The minimum absolute atomic E-state index is 0.280. The molecule has 0 spiro atoms. The lowest BCUT2D eigenvalue weighted by atomic mass is 10.2. The quantitative estimate of drug-likeness (QED) is 0.837. The van der Waals surface area contributed by atoms with Gasteiger partial charge in [-0.15, -0.1) is 0 Å². The fourth-order valence-electron chi connectivity index (χ4n) is 1.63. The summed E-state index contributed by atoms with van der Waals surface area (Å²) in [5.74, 6) is 0.703. The number of nitrogens with zero attached hydrogens (tertiary/aromatic N) is 2. The summed E-state index contributed by atoms with van der Waals surface area (Å²) in [6.45, 7) is 2.79.